The Balaban J connectivity index is 0.00000441. The van der Waals surface area contributed by atoms with Crippen molar-refractivity contribution in [1.29, 1.82) is 0 Å². The molecule has 1 atom stereocenters. The zero-order chi connectivity index (χ0) is 15.3. The molecule has 132 valence electrons. The minimum atomic E-state index is 0. The van der Waals surface area contributed by atoms with Gasteiger partial charge in [-0.05, 0) is 64.1 Å². The number of halogens is 1. The highest BCUT2D eigenvalue weighted by Gasteiger charge is 2.19. The molecule has 1 unspecified atom stereocenters. The Bertz CT molecular complexity index is 283. The summed E-state index contributed by atoms with van der Waals surface area (Å²) in [6.07, 6.45) is 8.56. The fraction of sp³-hybridized carbons (Fsp3) is 0.938. The minimum absolute atomic E-state index is 0. The average molecular weight is 442 g/mol. The van der Waals surface area contributed by atoms with Gasteiger partial charge in [0.1, 0.15) is 0 Å². The van der Waals surface area contributed by atoms with Crippen molar-refractivity contribution in [1.82, 2.24) is 15.5 Å². The Morgan fingerprint density at radius 3 is 2.50 bits per heavy atom. The number of thioether (sulfide) groups is 1. The van der Waals surface area contributed by atoms with Crippen LogP contribution in [0.4, 0.5) is 0 Å². The van der Waals surface area contributed by atoms with Gasteiger partial charge in [-0.25, -0.2) is 0 Å². The Morgan fingerprint density at radius 2 is 1.91 bits per heavy atom. The number of rotatable bonds is 10. The first-order valence-corrected chi connectivity index (χ1v) is 9.96. The van der Waals surface area contributed by atoms with E-state index in [1.165, 1.54) is 50.9 Å². The highest BCUT2D eigenvalue weighted by atomic mass is 127. The quantitative estimate of drug-likeness (QED) is 0.236. The first kappa shape index (κ1) is 22.3. The summed E-state index contributed by atoms with van der Waals surface area (Å²) in [6.45, 7) is 9.78. The molecule has 0 aromatic carbocycles. The second kappa shape index (κ2) is 14.9. The third kappa shape index (κ3) is 9.45. The number of guanidine groups is 1. The van der Waals surface area contributed by atoms with E-state index >= 15 is 0 Å². The van der Waals surface area contributed by atoms with Crippen molar-refractivity contribution in [2.24, 2.45) is 4.99 Å². The number of unbranched alkanes of at least 4 members (excludes halogenated alkanes) is 1. The number of nitrogens with one attached hydrogen (secondary N) is 2. The number of hydrogen-bond donors (Lipinski definition) is 2. The summed E-state index contributed by atoms with van der Waals surface area (Å²) < 4.78 is 0. The second-order valence-corrected chi connectivity index (χ2v) is 6.64. The molecular weight excluding hydrogens is 407 g/mol. The normalized spacial score (nSPS) is 17.1. The van der Waals surface area contributed by atoms with Crippen LogP contribution < -0.4 is 10.6 Å². The van der Waals surface area contributed by atoms with E-state index in [4.69, 9.17) is 4.99 Å². The van der Waals surface area contributed by atoms with Gasteiger partial charge >= 0.3 is 0 Å². The Labute approximate surface area is 158 Å². The smallest absolute Gasteiger partial charge is 0.191 e. The summed E-state index contributed by atoms with van der Waals surface area (Å²) in [5.41, 5.74) is 0. The van der Waals surface area contributed by atoms with Crippen LogP contribution in [0.3, 0.4) is 0 Å². The SMILES string of the molecule is CCNC(=NCC(CC)N1CCCC1)NCCCCSC.I. The molecule has 0 saturated carbocycles. The molecule has 0 aliphatic carbocycles. The maximum absolute atomic E-state index is 4.79. The molecule has 1 rings (SSSR count). The van der Waals surface area contributed by atoms with Crippen molar-refractivity contribution >= 4 is 41.7 Å². The Hall–Kier alpha value is 0.310. The summed E-state index contributed by atoms with van der Waals surface area (Å²) in [5.74, 6) is 2.24. The highest BCUT2D eigenvalue weighted by Crippen LogP contribution is 2.14. The van der Waals surface area contributed by atoms with Crippen molar-refractivity contribution in [3.63, 3.8) is 0 Å². The fourth-order valence-electron chi connectivity index (χ4n) is 2.73. The van der Waals surface area contributed by atoms with Crippen molar-refractivity contribution in [3.8, 4) is 0 Å². The van der Waals surface area contributed by atoms with E-state index in [1.807, 2.05) is 11.8 Å². The molecule has 2 N–H and O–H groups in total. The molecule has 22 heavy (non-hydrogen) atoms. The summed E-state index contributed by atoms with van der Waals surface area (Å²) in [4.78, 5) is 7.40. The number of likely N-dealkylation sites (tertiary alicyclic amines) is 1. The highest BCUT2D eigenvalue weighted by molar-refractivity contribution is 14.0. The van der Waals surface area contributed by atoms with Crippen LogP contribution in [0.1, 0.15) is 46.0 Å². The van der Waals surface area contributed by atoms with Crippen LogP contribution in [0.2, 0.25) is 0 Å². The molecule has 0 bridgehead atoms. The molecule has 0 spiro atoms. The summed E-state index contributed by atoms with van der Waals surface area (Å²) in [7, 11) is 0. The topological polar surface area (TPSA) is 39.7 Å². The van der Waals surface area contributed by atoms with Gasteiger partial charge in [0.15, 0.2) is 5.96 Å². The van der Waals surface area contributed by atoms with Crippen LogP contribution in [0.15, 0.2) is 4.99 Å². The standard InChI is InChI=1S/C16H34N4S.HI/c1-4-15(20-11-7-8-12-20)14-19-16(17-5-2)18-10-6-9-13-21-3;/h15H,4-14H2,1-3H3,(H2,17,18,19);1H. The molecule has 0 radical (unpaired) electrons. The zero-order valence-corrected chi connectivity index (χ0v) is 17.7. The van der Waals surface area contributed by atoms with E-state index in [2.05, 4.69) is 35.6 Å². The van der Waals surface area contributed by atoms with Crippen LogP contribution in [0, 0.1) is 0 Å². The Kier molecular flexibility index (Phi) is 15.1. The van der Waals surface area contributed by atoms with E-state index in [0.717, 1.165) is 25.6 Å². The van der Waals surface area contributed by atoms with E-state index < -0.39 is 0 Å². The number of hydrogen-bond acceptors (Lipinski definition) is 3. The van der Waals surface area contributed by atoms with Gasteiger partial charge in [0.25, 0.3) is 0 Å². The molecule has 0 amide bonds. The summed E-state index contributed by atoms with van der Waals surface area (Å²) >= 11 is 1.92. The lowest BCUT2D eigenvalue weighted by Gasteiger charge is -2.25. The molecule has 0 aromatic heterocycles. The van der Waals surface area contributed by atoms with Gasteiger partial charge in [-0.1, -0.05) is 6.92 Å². The summed E-state index contributed by atoms with van der Waals surface area (Å²) in [6, 6.07) is 0.611. The van der Waals surface area contributed by atoms with Gasteiger partial charge in [0.05, 0.1) is 6.54 Å². The molecule has 1 aliphatic rings. The molecule has 1 aliphatic heterocycles. The summed E-state index contributed by atoms with van der Waals surface area (Å²) in [5, 5.41) is 6.82. The first-order chi connectivity index (χ1) is 10.3. The lowest BCUT2D eigenvalue weighted by molar-refractivity contribution is 0.242. The van der Waals surface area contributed by atoms with Crippen LogP contribution in [-0.2, 0) is 0 Å². The van der Waals surface area contributed by atoms with Crippen LogP contribution in [-0.4, -0.2) is 61.6 Å². The largest absolute Gasteiger partial charge is 0.357 e. The maximum atomic E-state index is 4.79. The van der Waals surface area contributed by atoms with Crippen LogP contribution in [0.5, 0.6) is 0 Å². The van der Waals surface area contributed by atoms with Gasteiger partial charge in [0, 0.05) is 19.1 Å². The molecule has 6 heteroatoms. The van der Waals surface area contributed by atoms with Crippen molar-refractivity contribution in [2.45, 2.75) is 52.0 Å². The molecule has 4 nitrogen and oxygen atoms in total. The average Bonchev–Trinajstić information content (AvgIpc) is 3.01. The van der Waals surface area contributed by atoms with Crippen molar-refractivity contribution in [2.75, 3.05) is 44.7 Å². The number of nitrogens with zero attached hydrogens (tertiary/aromatic N) is 2. The van der Waals surface area contributed by atoms with Gasteiger partial charge in [-0.3, -0.25) is 9.89 Å². The fourth-order valence-corrected chi connectivity index (χ4v) is 3.22. The van der Waals surface area contributed by atoms with Crippen LogP contribution in [0.25, 0.3) is 0 Å². The maximum Gasteiger partial charge on any atom is 0.191 e. The Morgan fingerprint density at radius 1 is 1.18 bits per heavy atom. The van der Waals surface area contributed by atoms with Crippen molar-refractivity contribution < 1.29 is 0 Å². The van der Waals surface area contributed by atoms with Gasteiger partial charge in [0.2, 0.25) is 0 Å². The van der Waals surface area contributed by atoms with Gasteiger partial charge in [-0.2, -0.15) is 11.8 Å². The monoisotopic (exact) mass is 442 g/mol. The van der Waals surface area contributed by atoms with E-state index in [0.29, 0.717) is 6.04 Å². The van der Waals surface area contributed by atoms with E-state index in [9.17, 15) is 0 Å². The lowest BCUT2D eigenvalue weighted by atomic mass is 10.2. The minimum Gasteiger partial charge on any atom is -0.357 e. The number of aliphatic imine (C=N–C) groups is 1. The predicted molar refractivity (Wildman–Crippen MR) is 112 cm³/mol. The van der Waals surface area contributed by atoms with E-state index in [-0.39, 0.29) is 24.0 Å². The van der Waals surface area contributed by atoms with Crippen molar-refractivity contribution in [3.05, 3.63) is 0 Å². The molecule has 0 aromatic rings. The first-order valence-electron chi connectivity index (χ1n) is 8.57. The second-order valence-electron chi connectivity index (χ2n) is 5.65. The third-order valence-electron chi connectivity index (χ3n) is 4.00. The third-order valence-corrected chi connectivity index (χ3v) is 4.70. The lowest BCUT2D eigenvalue weighted by Crippen LogP contribution is -2.40. The molecule has 1 saturated heterocycles. The predicted octanol–water partition coefficient (Wildman–Crippen LogP) is 3.18. The van der Waals surface area contributed by atoms with Gasteiger partial charge < -0.3 is 10.6 Å². The molecule has 1 fully saturated rings. The van der Waals surface area contributed by atoms with E-state index in [1.54, 1.807) is 0 Å². The molecular formula is C16H35IN4S. The zero-order valence-electron chi connectivity index (χ0n) is 14.6. The molecule has 1 heterocycles. The van der Waals surface area contributed by atoms with Crippen LogP contribution >= 0.6 is 35.7 Å². The van der Waals surface area contributed by atoms with Gasteiger partial charge in [-0.15, -0.1) is 24.0 Å².